The molecular weight excluding hydrogens is 362 g/mol. The highest BCUT2D eigenvalue weighted by atomic mass is 32.2. The van der Waals surface area contributed by atoms with E-state index in [4.69, 9.17) is 0 Å². The van der Waals surface area contributed by atoms with Gasteiger partial charge in [0.05, 0.1) is 0 Å². The largest absolute Gasteiger partial charge is 0.378 e. The predicted molar refractivity (Wildman–Crippen MR) is 96.0 cm³/mol. The molecule has 1 aromatic carbocycles. The van der Waals surface area contributed by atoms with Gasteiger partial charge in [-0.3, -0.25) is 10.1 Å². The Morgan fingerprint density at radius 3 is 2.44 bits per heavy atom. The maximum atomic E-state index is 12.2. The first-order valence-corrected chi connectivity index (χ1v) is 9.61. The Labute approximate surface area is 149 Å². The number of carbonyl (C=O) groups is 1. The number of anilines is 2. The van der Waals surface area contributed by atoms with Gasteiger partial charge < -0.3 is 4.90 Å². The summed E-state index contributed by atoms with van der Waals surface area (Å²) >= 11 is 0.730. The molecule has 1 amide bonds. The van der Waals surface area contributed by atoms with Crippen LogP contribution < -0.4 is 10.2 Å². The van der Waals surface area contributed by atoms with Gasteiger partial charge in [0.15, 0.2) is 0 Å². The Bertz CT molecular complexity index is 954. The van der Waals surface area contributed by atoms with Gasteiger partial charge in [0.1, 0.15) is 11.6 Å². The minimum absolute atomic E-state index is 0.00882. The third kappa shape index (κ3) is 4.85. The van der Waals surface area contributed by atoms with Crippen molar-refractivity contribution in [1.82, 2.24) is 9.36 Å². The Balaban J connectivity index is 2.18. The molecule has 0 saturated carbocycles. The molecule has 0 saturated heterocycles. The lowest BCUT2D eigenvalue weighted by Crippen LogP contribution is -2.13. The van der Waals surface area contributed by atoms with Gasteiger partial charge in [0.25, 0.3) is 11.1 Å². The third-order valence-electron chi connectivity index (χ3n) is 3.05. The number of aromatic nitrogens is 2. The van der Waals surface area contributed by atoms with E-state index < -0.39 is 15.7 Å². The number of nitriles is 1. The molecule has 0 spiro atoms. The zero-order valence-electron chi connectivity index (χ0n) is 13.7. The molecule has 8 nitrogen and oxygen atoms in total. The maximum Gasteiger partial charge on any atom is 0.268 e. The van der Waals surface area contributed by atoms with Crippen LogP contribution in [0.2, 0.25) is 0 Å². The van der Waals surface area contributed by atoms with Crippen molar-refractivity contribution in [2.75, 3.05) is 30.6 Å². The number of carbonyl (C=O) groups excluding carboxylic acids is 1. The topological polar surface area (TPSA) is 116 Å². The summed E-state index contributed by atoms with van der Waals surface area (Å²) in [6.45, 7) is 0. The molecule has 1 aromatic heterocycles. The van der Waals surface area contributed by atoms with Crippen LogP contribution in [0.3, 0.4) is 0 Å². The molecule has 0 radical (unpaired) electrons. The fourth-order valence-corrected chi connectivity index (χ4v) is 3.20. The van der Waals surface area contributed by atoms with Gasteiger partial charge in [-0.05, 0) is 23.8 Å². The van der Waals surface area contributed by atoms with E-state index in [0.717, 1.165) is 23.5 Å². The van der Waals surface area contributed by atoms with Crippen LogP contribution in [0.5, 0.6) is 0 Å². The average Bonchev–Trinajstić information content (AvgIpc) is 3.01. The predicted octanol–water partition coefficient (Wildman–Crippen LogP) is 1.55. The van der Waals surface area contributed by atoms with E-state index in [1.54, 1.807) is 12.1 Å². The molecule has 130 valence electrons. The molecule has 0 aliphatic heterocycles. The van der Waals surface area contributed by atoms with E-state index in [9.17, 15) is 18.5 Å². The minimum atomic E-state index is -3.55. The molecule has 0 unspecified atom stereocenters. The number of benzene rings is 1. The second-order valence-corrected chi connectivity index (χ2v) is 7.93. The fourth-order valence-electron chi connectivity index (χ4n) is 1.76. The summed E-state index contributed by atoms with van der Waals surface area (Å²) in [7, 11) is 0.267. The summed E-state index contributed by atoms with van der Waals surface area (Å²) in [5, 5.41) is 11.2. The van der Waals surface area contributed by atoms with Crippen LogP contribution >= 0.6 is 11.5 Å². The smallest absolute Gasteiger partial charge is 0.268 e. The van der Waals surface area contributed by atoms with Gasteiger partial charge in [0.2, 0.25) is 15.0 Å². The molecule has 0 aliphatic rings. The molecule has 2 aromatic rings. The van der Waals surface area contributed by atoms with Crippen molar-refractivity contribution in [3.05, 3.63) is 35.4 Å². The quantitative estimate of drug-likeness (QED) is 0.621. The van der Waals surface area contributed by atoms with Crippen LogP contribution in [0.25, 0.3) is 6.08 Å². The summed E-state index contributed by atoms with van der Waals surface area (Å²) in [4.78, 5) is 17.8. The van der Waals surface area contributed by atoms with Crippen molar-refractivity contribution in [3.63, 3.8) is 0 Å². The molecule has 25 heavy (non-hydrogen) atoms. The van der Waals surface area contributed by atoms with Gasteiger partial charge >= 0.3 is 0 Å². The standard InChI is InChI=1S/C15H15N5O3S2/c1-20(2)12-6-4-10(5-7-12)8-11(9-16)13(21)17-14-18-15(19-24-14)25(3,22)23/h4-8H,1-3H3,(H,17,18,19,21). The van der Waals surface area contributed by atoms with Crippen LogP contribution in [0.1, 0.15) is 5.56 Å². The monoisotopic (exact) mass is 377 g/mol. The normalized spacial score (nSPS) is 11.7. The van der Waals surface area contributed by atoms with Gasteiger partial charge in [-0.25, -0.2) is 8.42 Å². The van der Waals surface area contributed by atoms with Crippen LogP contribution in [-0.2, 0) is 14.6 Å². The number of sulfone groups is 1. The highest BCUT2D eigenvalue weighted by Crippen LogP contribution is 2.17. The molecule has 0 fully saturated rings. The molecule has 0 aliphatic carbocycles. The number of nitrogens with zero attached hydrogens (tertiary/aromatic N) is 4. The molecule has 0 atom stereocenters. The first kappa shape index (κ1) is 18.6. The van der Waals surface area contributed by atoms with E-state index >= 15 is 0 Å². The van der Waals surface area contributed by atoms with Crippen molar-refractivity contribution in [3.8, 4) is 6.07 Å². The average molecular weight is 377 g/mol. The van der Waals surface area contributed by atoms with E-state index in [-0.39, 0.29) is 15.9 Å². The van der Waals surface area contributed by atoms with Crippen molar-refractivity contribution >= 4 is 44.2 Å². The summed E-state index contributed by atoms with van der Waals surface area (Å²) in [5.74, 6) is -0.685. The number of nitrogens with one attached hydrogen (secondary N) is 1. The van der Waals surface area contributed by atoms with Crippen LogP contribution in [0.15, 0.2) is 35.0 Å². The van der Waals surface area contributed by atoms with Crippen LogP contribution in [0.4, 0.5) is 10.8 Å². The lowest BCUT2D eigenvalue weighted by molar-refractivity contribution is -0.112. The zero-order valence-corrected chi connectivity index (χ0v) is 15.3. The van der Waals surface area contributed by atoms with Gasteiger partial charge in [0, 0.05) is 37.6 Å². The van der Waals surface area contributed by atoms with Crippen molar-refractivity contribution < 1.29 is 13.2 Å². The molecule has 0 bridgehead atoms. The molecule has 2 rings (SSSR count). The van der Waals surface area contributed by atoms with Crippen molar-refractivity contribution in [2.24, 2.45) is 0 Å². The lowest BCUT2D eigenvalue weighted by atomic mass is 10.1. The van der Waals surface area contributed by atoms with Gasteiger partial charge in [-0.2, -0.15) is 14.6 Å². The van der Waals surface area contributed by atoms with E-state index in [2.05, 4.69) is 14.7 Å². The maximum absolute atomic E-state index is 12.2. The summed E-state index contributed by atoms with van der Waals surface area (Å²) in [6, 6.07) is 9.12. The van der Waals surface area contributed by atoms with Crippen LogP contribution in [0, 0.1) is 11.3 Å². The minimum Gasteiger partial charge on any atom is -0.378 e. The number of amides is 1. The lowest BCUT2D eigenvalue weighted by Gasteiger charge is -2.11. The highest BCUT2D eigenvalue weighted by Gasteiger charge is 2.17. The first-order valence-electron chi connectivity index (χ1n) is 6.95. The van der Waals surface area contributed by atoms with E-state index in [1.165, 1.54) is 6.08 Å². The molecule has 1 heterocycles. The number of hydrogen-bond donors (Lipinski definition) is 1. The number of rotatable bonds is 5. The fraction of sp³-hybridized carbons (Fsp3) is 0.200. The SMILES string of the molecule is CN(C)c1ccc(C=C(C#N)C(=O)Nc2nc(S(C)(=O)=O)ns2)cc1. The summed E-state index contributed by atoms with van der Waals surface area (Å²) in [5.41, 5.74) is 1.54. The first-order chi connectivity index (χ1) is 11.7. The van der Waals surface area contributed by atoms with E-state index in [0.29, 0.717) is 5.56 Å². The second-order valence-electron chi connectivity index (χ2n) is 5.26. The Morgan fingerprint density at radius 2 is 1.96 bits per heavy atom. The number of hydrogen-bond acceptors (Lipinski definition) is 8. The van der Waals surface area contributed by atoms with Crippen molar-refractivity contribution in [2.45, 2.75) is 5.16 Å². The molecule has 10 heteroatoms. The van der Waals surface area contributed by atoms with Crippen molar-refractivity contribution in [1.29, 1.82) is 5.26 Å². The third-order valence-corrected chi connectivity index (χ3v) is 4.64. The second kappa shape index (κ2) is 7.42. The van der Waals surface area contributed by atoms with Gasteiger partial charge in [-0.1, -0.05) is 12.1 Å². The summed E-state index contributed by atoms with van der Waals surface area (Å²) < 4.78 is 26.3. The zero-order chi connectivity index (χ0) is 18.6. The van der Waals surface area contributed by atoms with E-state index in [1.807, 2.05) is 37.2 Å². The Morgan fingerprint density at radius 1 is 1.32 bits per heavy atom. The van der Waals surface area contributed by atoms with Crippen LogP contribution in [-0.4, -0.2) is 44.0 Å². The Kier molecular flexibility index (Phi) is 5.51. The molecular formula is C15H15N5O3S2. The molecule has 1 N–H and O–H groups in total. The Hall–Kier alpha value is -2.77. The highest BCUT2D eigenvalue weighted by molar-refractivity contribution is 7.90. The summed E-state index contributed by atoms with van der Waals surface area (Å²) in [6.07, 6.45) is 2.41. The van der Waals surface area contributed by atoms with Gasteiger partial charge in [-0.15, -0.1) is 0 Å².